The summed E-state index contributed by atoms with van der Waals surface area (Å²) in [6, 6.07) is 5.84. The normalized spacial score (nSPS) is 10.1. The number of benzene rings is 1. The molecule has 0 aliphatic rings. The van der Waals surface area contributed by atoms with Crippen LogP contribution < -0.4 is 15.5 Å². The SMILES string of the molecule is [B]c1ccsc1C(=O)Nc1ccc(OC)cc1F. The zero-order valence-electron chi connectivity index (χ0n) is 9.57. The number of hydrogen-bond acceptors (Lipinski definition) is 3. The van der Waals surface area contributed by atoms with Gasteiger partial charge >= 0.3 is 0 Å². The smallest absolute Gasteiger partial charge is 0.265 e. The first-order valence-electron chi connectivity index (χ1n) is 5.09. The average Bonchev–Trinajstić information content (AvgIpc) is 2.78. The summed E-state index contributed by atoms with van der Waals surface area (Å²) in [6.45, 7) is 0. The second kappa shape index (κ2) is 5.22. The van der Waals surface area contributed by atoms with Crippen molar-refractivity contribution in [1.82, 2.24) is 0 Å². The van der Waals surface area contributed by atoms with E-state index in [4.69, 9.17) is 12.6 Å². The van der Waals surface area contributed by atoms with Gasteiger partial charge < -0.3 is 10.1 Å². The van der Waals surface area contributed by atoms with Gasteiger partial charge in [-0.2, -0.15) is 0 Å². The van der Waals surface area contributed by atoms with E-state index in [1.54, 1.807) is 17.5 Å². The Morgan fingerprint density at radius 1 is 1.44 bits per heavy atom. The molecule has 0 fully saturated rings. The molecule has 2 radical (unpaired) electrons. The predicted molar refractivity (Wildman–Crippen MR) is 70.6 cm³/mol. The van der Waals surface area contributed by atoms with Gasteiger partial charge in [0.25, 0.3) is 5.91 Å². The molecule has 1 aromatic carbocycles. The van der Waals surface area contributed by atoms with Crippen molar-refractivity contribution in [3.8, 4) is 5.75 Å². The standard InChI is InChI=1S/C12H9BFNO2S/c1-17-7-2-3-10(9(14)6-7)15-12(16)11-8(13)4-5-18-11/h2-6H,1H3,(H,15,16). The van der Waals surface area contributed by atoms with Gasteiger partial charge in [0.2, 0.25) is 0 Å². The lowest BCUT2D eigenvalue weighted by Gasteiger charge is -2.07. The fraction of sp³-hybridized carbons (Fsp3) is 0.0833. The lowest BCUT2D eigenvalue weighted by molar-refractivity contribution is 0.103. The van der Waals surface area contributed by atoms with Crippen molar-refractivity contribution in [3.63, 3.8) is 0 Å². The molecule has 1 heterocycles. The van der Waals surface area contributed by atoms with Crippen molar-refractivity contribution in [2.75, 3.05) is 12.4 Å². The maximum atomic E-state index is 13.6. The van der Waals surface area contributed by atoms with Gasteiger partial charge in [-0.15, -0.1) is 11.3 Å². The van der Waals surface area contributed by atoms with Gasteiger partial charge in [-0.25, -0.2) is 4.39 Å². The van der Waals surface area contributed by atoms with Crippen molar-refractivity contribution in [2.24, 2.45) is 0 Å². The zero-order chi connectivity index (χ0) is 13.1. The number of hydrogen-bond donors (Lipinski definition) is 1. The van der Waals surface area contributed by atoms with Crippen LogP contribution in [0.2, 0.25) is 0 Å². The minimum atomic E-state index is -0.558. The summed E-state index contributed by atoms with van der Waals surface area (Å²) >= 11 is 1.21. The molecule has 2 aromatic rings. The van der Waals surface area contributed by atoms with Gasteiger partial charge in [0.15, 0.2) is 0 Å². The molecule has 0 saturated heterocycles. The second-order valence-electron chi connectivity index (χ2n) is 3.50. The monoisotopic (exact) mass is 261 g/mol. The molecular weight excluding hydrogens is 252 g/mol. The van der Waals surface area contributed by atoms with Crippen molar-refractivity contribution in [1.29, 1.82) is 0 Å². The van der Waals surface area contributed by atoms with Crippen molar-refractivity contribution in [3.05, 3.63) is 40.3 Å². The highest BCUT2D eigenvalue weighted by atomic mass is 32.1. The van der Waals surface area contributed by atoms with Crippen LogP contribution in [0.25, 0.3) is 0 Å². The Hall–Kier alpha value is -1.82. The summed E-state index contributed by atoms with van der Waals surface area (Å²) in [5.74, 6) is -0.592. The van der Waals surface area contributed by atoms with Gasteiger partial charge in [-0.3, -0.25) is 4.79 Å². The van der Waals surface area contributed by atoms with E-state index in [0.717, 1.165) is 0 Å². The van der Waals surface area contributed by atoms with Gasteiger partial charge in [0.05, 0.1) is 17.7 Å². The van der Waals surface area contributed by atoms with E-state index in [0.29, 0.717) is 16.1 Å². The Bertz CT molecular complexity index is 585. The lowest BCUT2D eigenvalue weighted by atomic mass is 9.97. The van der Waals surface area contributed by atoms with Crippen LogP contribution in [0.5, 0.6) is 5.75 Å². The number of anilines is 1. The first kappa shape index (κ1) is 12.6. The number of carbonyl (C=O) groups is 1. The number of ether oxygens (including phenoxy) is 1. The van der Waals surface area contributed by atoms with Gasteiger partial charge in [0, 0.05) is 6.07 Å². The molecule has 1 N–H and O–H groups in total. The van der Waals surface area contributed by atoms with E-state index in [-0.39, 0.29) is 5.69 Å². The Labute approximate surface area is 109 Å². The molecule has 0 unspecified atom stereocenters. The van der Waals surface area contributed by atoms with Crippen LogP contribution in [0.15, 0.2) is 29.6 Å². The Morgan fingerprint density at radius 2 is 2.22 bits per heavy atom. The van der Waals surface area contributed by atoms with Crippen LogP contribution in [0, 0.1) is 5.82 Å². The Morgan fingerprint density at radius 3 is 2.78 bits per heavy atom. The highest BCUT2D eigenvalue weighted by molar-refractivity contribution is 7.13. The summed E-state index contributed by atoms with van der Waals surface area (Å²) in [7, 11) is 7.06. The van der Waals surface area contributed by atoms with Gasteiger partial charge in [-0.05, 0) is 17.5 Å². The van der Waals surface area contributed by atoms with Gasteiger partial charge in [-0.1, -0.05) is 11.5 Å². The van der Waals surface area contributed by atoms with Crippen molar-refractivity contribution >= 4 is 36.2 Å². The first-order chi connectivity index (χ1) is 8.61. The third-order valence-corrected chi connectivity index (χ3v) is 3.26. The minimum Gasteiger partial charge on any atom is -0.497 e. The zero-order valence-corrected chi connectivity index (χ0v) is 10.4. The average molecular weight is 261 g/mol. The summed E-state index contributed by atoms with van der Waals surface area (Å²) < 4.78 is 18.5. The van der Waals surface area contributed by atoms with Crippen LogP contribution in [0.1, 0.15) is 9.67 Å². The van der Waals surface area contributed by atoms with Crippen LogP contribution in [-0.4, -0.2) is 20.9 Å². The number of nitrogens with one attached hydrogen (secondary N) is 1. The van der Waals surface area contributed by atoms with E-state index < -0.39 is 11.7 Å². The molecule has 3 nitrogen and oxygen atoms in total. The molecular formula is C12H9BFNO2S. The van der Waals surface area contributed by atoms with E-state index in [9.17, 15) is 9.18 Å². The lowest BCUT2D eigenvalue weighted by Crippen LogP contribution is -2.18. The molecule has 0 saturated carbocycles. The summed E-state index contributed by atoms with van der Waals surface area (Å²) in [4.78, 5) is 12.2. The molecule has 1 amide bonds. The van der Waals surface area contributed by atoms with Crippen LogP contribution in [-0.2, 0) is 0 Å². The topological polar surface area (TPSA) is 38.3 Å². The molecule has 6 heteroatoms. The summed E-state index contributed by atoms with van der Waals surface area (Å²) in [5.41, 5.74) is 0.472. The predicted octanol–water partition coefficient (Wildman–Crippen LogP) is 1.94. The first-order valence-corrected chi connectivity index (χ1v) is 5.97. The largest absolute Gasteiger partial charge is 0.497 e. The van der Waals surface area contributed by atoms with E-state index >= 15 is 0 Å². The molecule has 18 heavy (non-hydrogen) atoms. The van der Waals surface area contributed by atoms with E-state index in [1.165, 1.54) is 30.6 Å². The minimum absolute atomic E-state index is 0.0913. The van der Waals surface area contributed by atoms with Crippen LogP contribution >= 0.6 is 11.3 Å². The molecule has 0 atom stereocenters. The van der Waals surface area contributed by atoms with Crippen molar-refractivity contribution < 1.29 is 13.9 Å². The third-order valence-electron chi connectivity index (χ3n) is 2.33. The number of halogens is 1. The number of amides is 1. The van der Waals surface area contributed by atoms with Crippen LogP contribution in [0.3, 0.4) is 0 Å². The number of methoxy groups -OCH3 is 1. The molecule has 1 aromatic heterocycles. The maximum absolute atomic E-state index is 13.6. The Balaban J connectivity index is 2.20. The van der Waals surface area contributed by atoms with E-state index in [1.807, 2.05) is 0 Å². The molecule has 0 bridgehead atoms. The third kappa shape index (κ3) is 2.54. The second-order valence-corrected chi connectivity index (χ2v) is 4.42. The summed E-state index contributed by atoms with van der Waals surface area (Å²) in [5, 5.41) is 4.17. The molecule has 2 rings (SSSR count). The number of rotatable bonds is 3. The Kier molecular flexibility index (Phi) is 3.67. The van der Waals surface area contributed by atoms with Gasteiger partial charge in [0.1, 0.15) is 19.4 Å². The fourth-order valence-electron chi connectivity index (χ4n) is 1.41. The van der Waals surface area contributed by atoms with E-state index in [2.05, 4.69) is 5.32 Å². The molecule has 0 aliphatic heterocycles. The molecule has 0 spiro atoms. The highest BCUT2D eigenvalue weighted by Gasteiger charge is 2.12. The highest BCUT2D eigenvalue weighted by Crippen LogP contribution is 2.21. The molecule has 0 aliphatic carbocycles. The number of carbonyl (C=O) groups excluding carboxylic acids is 1. The maximum Gasteiger partial charge on any atom is 0.265 e. The fourth-order valence-corrected chi connectivity index (χ4v) is 2.12. The number of thiophene rings is 1. The summed E-state index contributed by atoms with van der Waals surface area (Å²) in [6.07, 6.45) is 0. The molecule has 90 valence electrons. The quantitative estimate of drug-likeness (QED) is 0.857. The van der Waals surface area contributed by atoms with Crippen molar-refractivity contribution in [2.45, 2.75) is 0 Å². The van der Waals surface area contributed by atoms with Crippen LogP contribution in [0.4, 0.5) is 10.1 Å².